The van der Waals surface area contributed by atoms with Gasteiger partial charge in [-0.1, -0.05) is 70.9 Å². The van der Waals surface area contributed by atoms with Crippen LogP contribution in [0.5, 0.6) is 0 Å². The molecule has 0 aromatic rings. The summed E-state index contributed by atoms with van der Waals surface area (Å²) < 4.78 is 5.70. The monoisotopic (exact) mass is 587 g/mol. The van der Waals surface area contributed by atoms with Crippen molar-refractivity contribution in [3.05, 3.63) is 95.7 Å². The fourth-order valence-corrected chi connectivity index (χ4v) is 4.50. The van der Waals surface area contributed by atoms with Crippen molar-refractivity contribution in [2.45, 2.75) is 86.8 Å². The normalized spacial score (nSPS) is 15.1. The van der Waals surface area contributed by atoms with Crippen LogP contribution < -0.4 is 0 Å². The van der Waals surface area contributed by atoms with E-state index < -0.39 is 5.60 Å². The van der Waals surface area contributed by atoms with Gasteiger partial charge >= 0.3 is 6.09 Å². The molecule has 0 bridgehead atoms. The molecule has 0 aliphatic carbocycles. The van der Waals surface area contributed by atoms with Crippen LogP contribution in [0.1, 0.15) is 75.2 Å². The van der Waals surface area contributed by atoms with Crippen molar-refractivity contribution in [2.75, 3.05) is 13.6 Å². The number of carbonyl (C=O) groups excluding carboxylic acids is 2. The largest absolute Gasteiger partial charge is 0.444 e. The van der Waals surface area contributed by atoms with Gasteiger partial charge in [-0.15, -0.1) is 0 Å². The van der Waals surface area contributed by atoms with Gasteiger partial charge in [0.2, 0.25) is 0 Å². The molecule has 0 spiro atoms. The third-order valence-corrected chi connectivity index (χ3v) is 6.67. The summed E-state index contributed by atoms with van der Waals surface area (Å²) in [5.74, 6) is 0.0318. The zero-order valence-electron chi connectivity index (χ0n) is 28.2. The second-order valence-electron chi connectivity index (χ2n) is 12.2. The Balaban J connectivity index is 6.72. The standard InChI is InChI=1S/C37H53N3O3/c1-15-17-31(22-38)21-32(16-2)28(8)20-33(24-41)35(30(10)39-14)34(26(5)6)27(7)18-19-29(9)40(23-25(3)4)36(42)43-37(11,12)13/h15-17,20-21,24-25,28-29H,1-2,5,7,18-19,23H2,3-4,6,8-14H3/b31-17+,32-21+,33-20-,35-34-,39-30?/t28?,29-/m1/s1. The van der Waals surface area contributed by atoms with E-state index in [9.17, 15) is 14.9 Å². The molecule has 6 heteroatoms. The van der Waals surface area contributed by atoms with Crippen LogP contribution in [0.3, 0.4) is 0 Å². The minimum atomic E-state index is -0.592. The number of allylic oxidation sites excluding steroid dienone is 12. The second kappa shape index (κ2) is 18.5. The highest BCUT2D eigenvalue weighted by molar-refractivity contribution is 6.09. The predicted molar refractivity (Wildman–Crippen MR) is 182 cm³/mol. The third kappa shape index (κ3) is 13.2. The molecule has 0 fully saturated rings. The van der Waals surface area contributed by atoms with Gasteiger partial charge in [-0.05, 0) is 89.2 Å². The van der Waals surface area contributed by atoms with Crippen LogP contribution in [0.15, 0.2) is 101 Å². The minimum Gasteiger partial charge on any atom is -0.444 e. The molecule has 0 radical (unpaired) electrons. The number of rotatable bonds is 16. The highest BCUT2D eigenvalue weighted by Gasteiger charge is 2.27. The quantitative estimate of drug-likeness (QED) is 0.0593. The first-order valence-corrected chi connectivity index (χ1v) is 14.7. The van der Waals surface area contributed by atoms with E-state index in [0.717, 1.165) is 28.6 Å². The second-order valence-corrected chi connectivity index (χ2v) is 12.2. The number of nitriles is 1. The van der Waals surface area contributed by atoms with Crippen LogP contribution in [0.2, 0.25) is 0 Å². The molecule has 6 nitrogen and oxygen atoms in total. The van der Waals surface area contributed by atoms with Crippen LogP contribution in [-0.4, -0.2) is 48.2 Å². The van der Waals surface area contributed by atoms with Gasteiger partial charge in [0.15, 0.2) is 0 Å². The van der Waals surface area contributed by atoms with Crippen molar-refractivity contribution < 1.29 is 14.3 Å². The third-order valence-electron chi connectivity index (χ3n) is 6.67. The molecular formula is C37H53N3O3. The average Bonchev–Trinajstić information content (AvgIpc) is 2.92. The summed E-state index contributed by atoms with van der Waals surface area (Å²) in [6.07, 6.45) is 10.1. The van der Waals surface area contributed by atoms with Gasteiger partial charge in [0.1, 0.15) is 11.9 Å². The number of carbonyl (C=O) groups is 2. The summed E-state index contributed by atoms with van der Waals surface area (Å²) in [6.45, 7) is 34.2. The molecule has 2 atom stereocenters. The number of amides is 1. The lowest BCUT2D eigenvalue weighted by Crippen LogP contribution is -2.44. The summed E-state index contributed by atoms with van der Waals surface area (Å²) in [6, 6.07) is 2.03. The van der Waals surface area contributed by atoms with Crippen LogP contribution in [0, 0.1) is 23.2 Å². The lowest BCUT2D eigenvalue weighted by molar-refractivity contribution is -0.104. The molecule has 0 heterocycles. The van der Waals surface area contributed by atoms with Crippen molar-refractivity contribution in [1.82, 2.24) is 4.90 Å². The number of ether oxygens (including phenoxy) is 1. The Labute approximate surface area is 261 Å². The maximum absolute atomic E-state index is 13.1. The zero-order chi connectivity index (χ0) is 33.5. The predicted octanol–water partition coefficient (Wildman–Crippen LogP) is 9.08. The Morgan fingerprint density at radius 1 is 1.09 bits per heavy atom. The molecule has 0 aromatic heterocycles. The first kappa shape index (κ1) is 39.0. The van der Waals surface area contributed by atoms with Gasteiger partial charge in [0, 0.05) is 42.4 Å². The Kier molecular flexibility index (Phi) is 16.8. The molecular weight excluding hydrogens is 534 g/mol. The Bertz CT molecular complexity index is 1260. The molecule has 0 saturated carbocycles. The molecule has 43 heavy (non-hydrogen) atoms. The van der Waals surface area contributed by atoms with Crippen molar-refractivity contribution in [3.63, 3.8) is 0 Å². The van der Waals surface area contributed by atoms with Gasteiger partial charge in [-0.2, -0.15) is 5.26 Å². The molecule has 0 aliphatic rings. The zero-order valence-corrected chi connectivity index (χ0v) is 28.2. The summed E-state index contributed by atoms with van der Waals surface area (Å²) in [5.41, 5.74) is 4.70. The summed E-state index contributed by atoms with van der Waals surface area (Å²) >= 11 is 0. The summed E-state index contributed by atoms with van der Waals surface area (Å²) in [7, 11) is 1.68. The van der Waals surface area contributed by atoms with Gasteiger partial charge < -0.3 is 9.64 Å². The van der Waals surface area contributed by atoms with Gasteiger partial charge in [-0.25, -0.2) is 4.79 Å². The smallest absolute Gasteiger partial charge is 0.410 e. The number of hydrogen-bond acceptors (Lipinski definition) is 5. The Morgan fingerprint density at radius 2 is 1.70 bits per heavy atom. The topological polar surface area (TPSA) is 82.8 Å². The highest BCUT2D eigenvalue weighted by atomic mass is 16.6. The van der Waals surface area contributed by atoms with E-state index >= 15 is 0 Å². The molecule has 0 N–H and O–H groups in total. The van der Waals surface area contributed by atoms with E-state index in [2.05, 4.69) is 51.2 Å². The van der Waals surface area contributed by atoms with E-state index in [1.807, 2.05) is 54.5 Å². The fraction of sp³-hybridized carbons (Fsp3) is 0.459. The van der Waals surface area contributed by atoms with Gasteiger partial charge in [-0.3, -0.25) is 9.79 Å². The van der Waals surface area contributed by atoms with Crippen LogP contribution in [0.4, 0.5) is 4.79 Å². The van der Waals surface area contributed by atoms with E-state index in [1.54, 1.807) is 36.3 Å². The van der Waals surface area contributed by atoms with E-state index in [0.29, 0.717) is 41.8 Å². The van der Waals surface area contributed by atoms with Gasteiger partial charge in [0.05, 0.1) is 11.6 Å². The highest BCUT2D eigenvalue weighted by Crippen LogP contribution is 2.31. The maximum Gasteiger partial charge on any atom is 0.410 e. The molecule has 234 valence electrons. The lowest BCUT2D eigenvalue weighted by atomic mass is 9.84. The summed E-state index contributed by atoms with van der Waals surface area (Å²) in [5, 5.41) is 9.46. The summed E-state index contributed by atoms with van der Waals surface area (Å²) in [4.78, 5) is 31.9. The molecule has 1 unspecified atom stereocenters. The molecule has 0 aromatic carbocycles. The average molecular weight is 588 g/mol. The number of nitrogens with zero attached hydrogens (tertiary/aromatic N) is 3. The molecule has 0 rings (SSSR count). The van der Waals surface area contributed by atoms with Gasteiger partial charge in [0.25, 0.3) is 0 Å². The van der Waals surface area contributed by atoms with Crippen molar-refractivity contribution in [3.8, 4) is 6.07 Å². The SMILES string of the molecule is C=C/C=C(C#N)\C=C(/C=C)C(C)/C=C(C=O)\C(C(C)=NC)=C(\C(=C)C)C(=C)CC[C@@H](C)N(CC(C)C)C(=O)OC(C)(C)C. The van der Waals surface area contributed by atoms with Crippen molar-refractivity contribution in [1.29, 1.82) is 5.26 Å². The number of aldehydes is 1. The molecule has 0 saturated heterocycles. The van der Waals surface area contributed by atoms with Crippen LogP contribution >= 0.6 is 0 Å². The van der Waals surface area contributed by atoms with E-state index in [-0.39, 0.29) is 24.0 Å². The maximum atomic E-state index is 13.1. The van der Waals surface area contributed by atoms with Crippen molar-refractivity contribution >= 4 is 18.1 Å². The lowest BCUT2D eigenvalue weighted by Gasteiger charge is -2.33. The minimum absolute atomic E-state index is 0.107. The number of aliphatic imine (C=N–C) groups is 1. The first-order chi connectivity index (χ1) is 20.0. The molecule has 0 aliphatic heterocycles. The van der Waals surface area contributed by atoms with Crippen LogP contribution in [0.25, 0.3) is 0 Å². The molecule has 1 amide bonds. The first-order valence-electron chi connectivity index (χ1n) is 14.7. The van der Waals surface area contributed by atoms with Crippen LogP contribution in [-0.2, 0) is 9.53 Å². The fourth-order valence-electron chi connectivity index (χ4n) is 4.50. The Morgan fingerprint density at radius 3 is 2.12 bits per heavy atom. The van der Waals surface area contributed by atoms with E-state index in [4.69, 9.17) is 4.74 Å². The van der Waals surface area contributed by atoms with Crippen molar-refractivity contribution in [2.24, 2.45) is 16.8 Å². The number of hydrogen-bond donors (Lipinski definition) is 0. The van der Waals surface area contributed by atoms with E-state index in [1.165, 1.54) is 0 Å². The Hall–Kier alpha value is -3.98.